The van der Waals surface area contributed by atoms with E-state index in [1.165, 1.54) is 0 Å². The topological polar surface area (TPSA) is 71.3 Å². The standard InChI is InChI=1S/C12H18N4O2/c1-9-11(16(17)18)3-4-12(14-9)15-6-5-10(8-15)7-13-2/h3-4,10,13H,5-8H2,1-2H3. The van der Waals surface area contributed by atoms with Gasteiger partial charge in [0.2, 0.25) is 0 Å². The van der Waals surface area contributed by atoms with Crippen molar-refractivity contribution in [3.05, 3.63) is 27.9 Å². The van der Waals surface area contributed by atoms with E-state index in [9.17, 15) is 10.1 Å². The first-order valence-electron chi connectivity index (χ1n) is 6.13. The zero-order valence-corrected chi connectivity index (χ0v) is 10.7. The van der Waals surface area contributed by atoms with Crippen LogP contribution in [-0.2, 0) is 0 Å². The Bertz CT molecular complexity index is 450. The minimum absolute atomic E-state index is 0.0877. The van der Waals surface area contributed by atoms with Crippen molar-refractivity contribution in [1.29, 1.82) is 0 Å². The number of aryl methyl sites for hydroxylation is 1. The third-order valence-electron chi connectivity index (χ3n) is 3.34. The molecule has 0 aliphatic carbocycles. The molecule has 0 aromatic carbocycles. The molecule has 2 heterocycles. The summed E-state index contributed by atoms with van der Waals surface area (Å²) in [5.41, 5.74) is 0.569. The van der Waals surface area contributed by atoms with E-state index in [0.717, 1.165) is 31.9 Å². The van der Waals surface area contributed by atoms with Gasteiger partial charge in [-0.2, -0.15) is 0 Å². The van der Waals surface area contributed by atoms with Crippen LogP contribution in [0.2, 0.25) is 0 Å². The van der Waals surface area contributed by atoms with Crippen LogP contribution in [0.3, 0.4) is 0 Å². The number of nitrogens with zero attached hydrogens (tertiary/aromatic N) is 3. The first-order valence-corrected chi connectivity index (χ1v) is 6.13. The molecule has 0 saturated carbocycles. The first-order chi connectivity index (χ1) is 8.61. The molecule has 1 N–H and O–H groups in total. The van der Waals surface area contributed by atoms with Crippen LogP contribution in [0.1, 0.15) is 12.1 Å². The lowest BCUT2D eigenvalue weighted by atomic mass is 10.1. The third-order valence-corrected chi connectivity index (χ3v) is 3.34. The highest BCUT2D eigenvalue weighted by Crippen LogP contribution is 2.25. The van der Waals surface area contributed by atoms with Crippen LogP contribution >= 0.6 is 0 Å². The predicted molar refractivity (Wildman–Crippen MR) is 69.9 cm³/mol. The van der Waals surface area contributed by atoms with Crippen LogP contribution in [0.4, 0.5) is 11.5 Å². The molecule has 0 bridgehead atoms. The summed E-state index contributed by atoms with van der Waals surface area (Å²) in [5, 5.41) is 13.9. The highest BCUT2D eigenvalue weighted by Gasteiger charge is 2.24. The molecule has 6 nitrogen and oxygen atoms in total. The number of nitro groups is 1. The van der Waals surface area contributed by atoms with E-state index >= 15 is 0 Å². The van der Waals surface area contributed by atoms with E-state index < -0.39 is 0 Å². The van der Waals surface area contributed by atoms with Crippen molar-refractivity contribution in [3.8, 4) is 0 Å². The van der Waals surface area contributed by atoms with E-state index in [1.807, 2.05) is 7.05 Å². The van der Waals surface area contributed by atoms with Gasteiger partial charge in [-0.05, 0) is 38.9 Å². The summed E-state index contributed by atoms with van der Waals surface area (Å²) in [6.45, 7) is 4.62. The van der Waals surface area contributed by atoms with Gasteiger partial charge in [-0.1, -0.05) is 0 Å². The van der Waals surface area contributed by atoms with Crippen LogP contribution in [0, 0.1) is 23.0 Å². The summed E-state index contributed by atoms with van der Waals surface area (Å²) in [6, 6.07) is 3.29. The van der Waals surface area contributed by atoms with E-state index in [4.69, 9.17) is 0 Å². The number of pyridine rings is 1. The van der Waals surface area contributed by atoms with Crippen molar-refractivity contribution >= 4 is 11.5 Å². The lowest BCUT2D eigenvalue weighted by Gasteiger charge is -2.17. The van der Waals surface area contributed by atoms with Gasteiger partial charge in [0, 0.05) is 19.2 Å². The Morgan fingerprint density at radius 3 is 3.00 bits per heavy atom. The van der Waals surface area contributed by atoms with Gasteiger partial charge in [0.1, 0.15) is 11.5 Å². The van der Waals surface area contributed by atoms with Gasteiger partial charge in [0.15, 0.2) is 0 Å². The smallest absolute Gasteiger partial charge is 0.290 e. The Labute approximate surface area is 106 Å². The van der Waals surface area contributed by atoms with Crippen molar-refractivity contribution in [1.82, 2.24) is 10.3 Å². The largest absolute Gasteiger partial charge is 0.356 e. The van der Waals surface area contributed by atoms with Crippen LogP contribution in [-0.4, -0.2) is 36.6 Å². The molecule has 1 aliphatic heterocycles. The van der Waals surface area contributed by atoms with Crippen LogP contribution in [0.25, 0.3) is 0 Å². The number of hydrogen-bond donors (Lipinski definition) is 1. The summed E-state index contributed by atoms with van der Waals surface area (Å²) in [7, 11) is 1.96. The third kappa shape index (κ3) is 2.59. The van der Waals surface area contributed by atoms with Gasteiger partial charge >= 0.3 is 0 Å². The molecule has 2 rings (SSSR count). The van der Waals surface area contributed by atoms with Crippen molar-refractivity contribution in [2.45, 2.75) is 13.3 Å². The molecule has 1 unspecified atom stereocenters. The first kappa shape index (κ1) is 12.8. The SMILES string of the molecule is CNCC1CCN(c2ccc([N+](=O)[O-])c(C)n2)C1. The van der Waals surface area contributed by atoms with Crippen molar-refractivity contribution in [2.24, 2.45) is 5.92 Å². The van der Waals surface area contributed by atoms with E-state index in [1.54, 1.807) is 19.1 Å². The highest BCUT2D eigenvalue weighted by molar-refractivity contribution is 5.47. The second-order valence-corrected chi connectivity index (χ2v) is 4.69. The maximum absolute atomic E-state index is 10.7. The van der Waals surface area contributed by atoms with Gasteiger partial charge in [0.05, 0.1) is 4.92 Å². The van der Waals surface area contributed by atoms with E-state index in [0.29, 0.717) is 11.6 Å². The molecule has 1 atom stereocenters. The molecule has 98 valence electrons. The molecule has 18 heavy (non-hydrogen) atoms. The zero-order valence-electron chi connectivity index (χ0n) is 10.7. The summed E-state index contributed by atoms with van der Waals surface area (Å²) < 4.78 is 0. The monoisotopic (exact) mass is 250 g/mol. The quantitative estimate of drug-likeness (QED) is 0.645. The fourth-order valence-corrected chi connectivity index (χ4v) is 2.41. The summed E-state index contributed by atoms with van der Waals surface area (Å²) in [6.07, 6.45) is 1.14. The number of hydrogen-bond acceptors (Lipinski definition) is 5. The van der Waals surface area contributed by atoms with Crippen LogP contribution in [0.5, 0.6) is 0 Å². The Hall–Kier alpha value is -1.69. The fourth-order valence-electron chi connectivity index (χ4n) is 2.41. The van der Waals surface area contributed by atoms with Gasteiger partial charge in [0.25, 0.3) is 5.69 Å². The lowest BCUT2D eigenvalue weighted by molar-refractivity contribution is -0.385. The maximum atomic E-state index is 10.7. The number of nitrogens with one attached hydrogen (secondary N) is 1. The lowest BCUT2D eigenvalue weighted by Crippen LogP contribution is -2.25. The van der Waals surface area contributed by atoms with Gasteiger partial charge in [-0.3, -0.25) is 10.1 Å². The molecule has 6 heteroatoms. The average Bonchev–Trinajstić information content (AvgIpc) is 2.77. The van der Waals surface area contributed by atoms with Crippen molar-refractivity contribution in [3.63, 3.8) is 0 Å². The van der Waals surface area contributed by atoms with Gasteiger partial charge in [-0.15, -0.1) is 0 Å². The second-order valence-electron chi connectivity index (χ2n) is 4.69. The second kappa shape index (κ2) is 5.30. The minimum Gasteiger partial charge on any atom is -0.356 e. The zero-order chi connectivity index (χ0) is 13.1. The van der Waals surface area contributed by atoms with Gasteiger partial charge < -0.3 is 10.2 Å². The normalized spacial score (nSPS) is 19.2. The van der Waals surface area contributed by atoms with Crippen LogP contribution in [0.15, 0.2) is 12.1 Å². The van der Waals surface area contributed by atoms with Crippen molar-refractivity contribution < 1.29 is 4.92 Å². The molecule has 1 aromatic rings. The molecular weight excluding hydrogens is 232 g/mol. The molecule has 1 aliphatic rings. The Balaban J connectivity index is 2.11. The number of rotatable bonds is 4. The summed E-state index contributed by atoms with van der Waals surface area (Å²) in [5.74, 6) is 1.48. The summed E-state index contributed by atoms with van der Waals surface area (Å²) in [4.78, 5) is 16.9. The summed E-state index contributed by atoms with van der Waals surface area (Å²) >= 11 is 0. The number of aromatic nitrogens is 1. The van der Waals surface area contributed by atoms with Crippen LogP contribution < -0.4 is 10.2 Å². The Morgan fingerprint density at radius 2 is 2.39 bits per heavy atom. The molecule has 0 amide bonds. The fraction of sp³-hybridized carbons (Fsp3) is 0.583. The minimum atomic E-state index is -0.389. The maximum Gasteiger partial charge on any atom is 0.290 e. The molecule has 0 spiro atoms. The molecular formula is C12H18N4O2. The average molecular weight is 250 g/mol. The molecule has 1 saturated heterocycles. The highest BCUT2D eigenvalue weighted by atomic mass is 16.6. The van der Waals surface area contributed by atoms with E-state index in [-0.39, 0.29) is 10.6 Å². The Kier molecular flexibility index (Phi) is 3.76. The number of anilines is 1. The predicted octanol–water partition coefficient (Wildman–Crippen LogP) is 1.34. The van der Waals surface area contributed by atoms with E-state index in [2.05, 4.69) is 15.2 Å². The Morgan fingerprint density at radius 1 is 1.61 bits per heavy atom. The van der Waals surface area contributed by atoms with Gasteiger partial charge in [-0.25, -0.2) is 4.98 Å². The molecule has 1 fully saturated rings. The molecule has 0 radical (unpaired) electrons. The molecule has 1 aromatic heterocycles. The van der Waals surface area contributed by atoms with Crippen molar-refractivity contribution in [2.75, 3.05) is 31.6 Å².